The van der Waals surface area contributed by atoms with Crippen molar-refractivity contribution in [2.24, 2.45) is 0 Å². The average molecular weight is 238 g/mol. The van der Waals surface area contributed by atoms with E-state index in [-0.39, 0.29) is 0 Å². The van der Waals surface area contributed by atoms with Gasteiger partial charge in [0.05, 0.1) is 6.61 Å². The van der Waals surface area contributed by atoms with Crippen molar-refractivity contribution in [2.75, 3.05) is 30.9 Å². The number of aromatic nitrogens is 2. The first-order valence-corrected chi connectivity index (χ1v) is 5.94. The second-order valence-electron chi connectivity index (χ2n) is 4.15. The summed E-state index contributed by atoms with van der Waals surface area (Å²) in [5, 5.41) is 0. The summed E-state index contributed by atoms with van der Waals surface area (Å²) in [4.78, 5) is 10.6. The van der Waals surface area contributed by atoms with Gasteiger partial charge < -0.3 is 15.4 Å². The third-order valence-electron chi connectivity index (χ3n) is 3.03. The third kappa shape index (κ3) is 3.30. The molecule has 1 heterocycles. The molecule has 17 heavy (non-hydrogen) atoms. The van der Waals surface area contributed by atoms with Crippen LogP contribution in [0.3, 0.4) is 0 Å². The van der Waals surface area contributed by atoms with Gasteiger partial charge in [-0.2, -0.15) is 0 Å². The van der Waals surface area contributed by atoms with Gasteiger partial charge in [-0.25, -0.2) is 9.97 Å². The van der Waals surface area contributed by atoms with Crippen LogP contribution in [-0.4, -0.2) is 36.3 Å². The van der Waals surface area contributed by atoms with Crippen molar-refractivity contribution in [1.29, 1.82) is 0 Å². The molecule has 96 valence electrons. The van der Waals surface area contributed by atoms with Crippen LogP contribution >= 0.6 is 0 Å². The minimum atomic E-state index is 0.401. The molecule has 0 aromatic carbocycles. The molecular weight excluding hydrogens is 216 g/mol. The molecule has 0 radical (unpaired) electrons. The quantitative estimate of drug-likeness (QED) is 0.816. The molecule has 0 aliphatic heterocycles. The molecule has 0 saturated carbocycles. The van der Waals surface area contributed by atoms with Gasteiger partial charge in [-0.05, 0) is 20.3 Å². The van der Waals surface area contributed by atoms with Gasteiger partial charge in [0.1, 0.15) is 18.0 Å². The number of hydrogen-bond donors (Lipinski definition) is 1. The lowest BCUT2D eigenvalue weighted by molar-refractivity contribution is 0.203. The Morgan fingerprint density at radius 2 is 2.18 bits per heavy atom. The molecule has 0 spiro atoms. The highest BCUT2D eigenvalue weighted by atomic mass is 16.5. The van der Waals surface area contributed by atoms with E-state index in [1.165, 1.54) is 6.33 Å². The van der Waals surface area contributed by atoms with Crippen molar-refractivity contribution in [3.63, 3.8) is 0 Å². The Hall–Kier alpha value is -1.36. The first kappa shape index (κ1) is 13.7. The maximum atomic E-state index is 5.82. The topological polar surface area (TPSA) is 64.3 Å². The van der Waals surface area contributed by atoms with Crippen LogP contribution in [-0.2, 0) is 4.74 Å². The molecule has 0 bridgehead atoms. The summed E-state index contributed by atoms with van der Waals surface area (Å²) in [5.74, 6) is 1.45. The fourth-order valence-corrected chi connectivity index (χ4v) is 1.69. The van der Waals surface area contributed by atoms with Gasteiger partial charge in [0.15, 0.2) is 0 Å². The highest BCUT2D eigenvalue weighted by molar-refractivity contribution is 5.56. The molecule has 0 aliphatic rings. The zero-order chi connectivity index (χ0) is 12.8. The molecule has 0 fully saturated rings. The largest absolute Gasteiger partial charge is 0.383 e. The zero-order valence-corrected chi connectivity index (χ0v) is 11.1. The second kappa shape index (κ2) is 6.39. The first-order chi connectivity index (χ1) is 8.11. The summed E-state index contributed by atoms with van der Waals surface area (Å²) in [6.07, 6.45) is 2.56. The number of ether oxygens (including phenoxy) is 1. The van der Waals surface area contributed by atoms with Crippen LogP contribution in [0.15, 0.2) is 6.33 Å². The van der Waals surface area contributed by atoms with Crippen LogP contribution < -0.4 is 10.6 Å². The van der Waals surface area contributed by atoms with Crippen LogP contribution in [0.2, 0.25) is 0 Å². The van der Waals surface area contributed by atoms with Gasteiger partial charge >= 0.3 is 0 Å². The fourth-order valence-electron chi connectivity index (χ4n) is 1.69. The SMILES string of the molecule is CCC(C)N(CCOC)c1ncnc(N)c1C. The molecule has 2 N–H and O–H groups in total. The van der Waals surface area contributed by atoms with Crippen molar-refractivity contribution in [3.05, 3.63) is 11.9 Å². The Bertz CT molecular complexity index is 356. The number of nitrogen functional groups attached to an aromatic ring is 1. The van der Waals surface area contributed by atoms with Crippen molar-refractivity contribution in [3.8, 4) is 0 Å². The van der Waals surface area contributed by atoms with Crippen molar-refractivity contribution >= 4 is 11.6 Å². The normalized spacial score (nSPS) is 12.5. The third-order valence-corrected chi connectivity index (χ3v) is 3.03. The summed E-state index contributed by atoms with van der Waals surface area (Å²) in [5.41, 5.74) is 6.75. The number of rotatable bonds is 6. The maximum absolute atomic E-state index is 5.82. The molecule has 0 saturated heterocycles. The van der Waals surface area contributed by atoms with Gasteiger partial charge in [-0.1, -0.05) is 6.92 Å². The highest BCUT2D eigenvalue weighted by Gasteiger charge is 2.17. The van der Waals surface area contributed by atoms with Gasteiger partial charge in [0.2, 0.25) is 0 Å². The lowest BCUT2D eigenvalue weighted by atomic mass is 10.2. The van der Waals surface area contributed by atoms with Crippen LogP contribution in [0.5, 0.6) is 0 Å². The Kier molecular flexibility index (Phi) is 5.15. The van der Waals surface area contributed by atoms with Gasteiger partial charge in [0.25, 0.3) is 0 Å². The Balaban J connectivity index is 2.99. The average Bonchev–Trinajstić information content (AvgIpc) is 2.34. The Morgan fingerprint density at radius 1 is 1.47 bits per heavy atom. The van der Waals surface area contributed by atoms with Crippen molar-refractivity contribution < 1.29 is 4.74 Å². The number of methoxy groups -OCH3 is 1. The Morgan fingerprint density at radius 3 is 2.76 bits per heavy atom. The fraction of sp³-hybridized carbons (Fsp3) is 0.667. The smallest absolute Gasteiger partial charge is 0.137 e. The molecule has 0 amide bonds. The second-order valence-corrected chi connectivity index (χ2v) is 4.15. The molecule has 0 aliphatic carbocycles. The van der Waals surface area contributed by atoms with Crippen LogP contribution in [0.25, 0.3) is 0 Å². The summed E-state index contributed by atoms with van der Waals surface area (Å²) >= 11 is 0. The predicted molar refractivity (Wildman–Crippen MR) is 70.2 cm³/mol. The molecule has 1 rings (SSSR count). The van der Waals surface area contributed by atoms with Gasteiger partial charge in [-0.15, -0.1) is 0 Å². The molecule has 1 atom stereocenters. The summed E-state index contributed by atoms with van der Waals surface area (Å²) < 4.78 is 5.14. The lowest BCUT2D eigenvalue weighted by Crippen LogP contribution is -2.36. The highest BCUT2D eigenvalue weighted by Crippen LogP contribution is 2.22. The van der Waals surface area contributed by atoms with Gasteiger partial charge in [-0.3, -0.25) is 0 Å². The van der Waals surface area contributed by atoms with E-state index < -0.39 is 0 Å². The molecule has 1 unspecified atom stereocenters. The van der Waals surface area contributed by atoms with Crippen LogP contribution in [0.4, 0.5) is 11.6 Å². The monoisotopic (exact) mass is 238 g/mol. The molecular formula is C12H22N4O. The van der Waals surface area contributed by atoms with Gasteiger partial charge in [0, 0.05) is 25.3 Å². The number of anilines is 2. The van der Waals surface area contributed by atoms with Crippen LogP contribution in [0.1, 0.15) is 25.8 Å². The van der Waals surface area contributed by atoms with E-state index in [9.17, 15) is 0 Å². The molecule has 5 heteroatoms. The van der Waals surface area contributed by atoms with Crippen molar-refractivity contribution in [2.45, 2.75) is 33.2 Å². The Labute approximate surface area is 103 Å². The maximum Gasteiger partial charge on any atom is 0.137 e. The minimum Gasteiger partial charge on any atom is -0.383 e. The first-order valence-electron chi connectivity index (χ1n) is 5.94. The van der Waals surface area contributed by atoms with E-state index in [1.807, 2.05) is 6.92 Å². The van der Waals surface area contributed by atoms with E-state index >= 15 is 0 Å². The van der Waals surface area contributed by atoms with E-state index in [1.54, 1.807) is 7.11 Å². The molecule has 1 aromatic rings. The number of nitrogens with two attached hydrogens (primary N) is 1. The van der Waals surface area contributed by atoms with Crippen molar-refractivity contribution in [1.82, 2.24) is 9.97 Å². The molecule has 1 aromatic heterocycles. The summed E-state index contributed by atoms with van der Waals surface area (Å²) in [7, 11) is 1.70. The molecule has 5 nitrogen and oxygen atoms in total. The lowest BCUT2D eigenvalue weighted by Gasteiger charge is -2.30. The van der Waals surface area contributed by atoms with Crippen LogP contribution in [0, 0.1) is 6.92 Å². The minimum absolute atomic E-state index is 0.401. The van der Waals surface area contributed by atoms with E-state index in [2.05, 4.69) is 28.7 Å². The summed E-state index contributed by atoms with van der Waals surface area (Å²) in [6, 6.07) is 0.401. The van der Waals surface area contributed by atoms with E-state index in [0.717, 1.165) is 24.3 Å². The predicted octanol–water partition coefficient (Wildman–Crippen LogP) is 1.62. The zero-order valence-electron chi connectivity index (χ0n) is 11.1. The summed E-state index contributed by atoms with van der Waals surface area (Å²) in [6.45, 7) is 7.76. The number of nitrogens with zero attached hydrogens (tertiary/aromatic N) is 3. The van der Waals surface area contributed by atoms with E-state index in [0.29, 0.717) is 18.5 Å². The van der Waals surface area contributed by atoms with E-state index in [4.69, 9.17) is 10.5 Å². The standard InChI is InChI=1S/C12H22N4O/c1-5-9(2)16(6-7-17-4)12-10(3)11(13)14-8-15-12/h8-9H,5-7H2,1-4H3,(H2,13,14,15). The number of hydrogen-bond acceptors (Lipinski definition) is 5.